The van der Waals surface area contributed by atoms with Crippen molar-refractivity contribution in [2.75, 3.05) is 0 Å². The van der Waals surface area contributed by atoms with E-state index in [1.807, 2.05) is 24.7 Å². The second kappa shape index (κ2) is 3.68. The minimum atomic E-state index is -0.242. The van der Waals surface area contributed by atoms with Crippen molar-refractivity contribution in [1.82, 2.24) is 4.98 Å². The Balaban J connectivity index is 2.68. The standard InChI is InChI=1S/C9H12N2S/c1-3-9(2,6-10)4-8-5-12-7-11-8/h5,7H,3-4H2,1-2H3. The Morgan fingerprint density at radius 3 is 2.92 bits per heavy atom. The zero-order chi connectivity index (χ0) is 9.03. The fourth-order valence-corrected chi connectivity index (χ4v) is 1.53. The lowest BCUT2D eigenvalue weighted by Gasteiger charge is -2.17. The molecule has 2 nitrogen and oxygen atoms in total. The Morgan fingerprint density at radius 2 is 2.50 bits per heavy atom. The average Bonchev–Trinajstić information content (AvgIpc) is 2.57. The predicted octanol–water partition coefficient (Wildman–Crippen LogP) is 2.63. The van der Waals surface area contributed by atoms with E-state index in [0.717, 1.165) is 18.5 Å². The van der Waals surface area contributed by atoms with Gasteiger partial charge in [-0.3, -0.25) is 0 Å². The van der Waals surface area contributed by atoms with Crippen molar-refractivity contribution in [3.63, 3.8) is 0 Å². The van der Waals surface area contributed by atoms with Crippen LogP contribution in [0.25, 0.3) is 0 Å². The minimum Gasteiger partial charge on any atom is -0.250 e. The van der Waals surface area contributed by atoms with Gasteiger partial charge in [0.1, 0.15) is 0 Å². The molecule has 0 aliphatic carbocycles. The normalized spacial score (nSPS) is 15.1. The SMILES string of the molecule is CCC(C)(C#N)Cc1cscn1. The molecule has 1 unspecified atom stereocenters. The minimum absolute atomic E-state index is 0.242. The molecule has 1 atom stereocenters. The van der Waals surface area contributed by atoms with Crippen LogP contribution in [-0.4, -0.2) is 4.98 Å². The topological polar surface area (TPSA) is 36.7 Å². The first-order valence-electron chi connectivity index (χ1n) is 3.98. The number of nitrogens with zero attached hydrogens (tertiary/aromatic N) is 2. The molecule has 1 heterocycles. The molecule has 0 aliphatic rings. The first-order chi connectivity index (χ1) is 5.70. The van der Waals surface area contributed by atoms with E-state index >= 15 is 0 Å². The molecule has 12 heavy (non-hydrogen) atoms. The van der Waals surface area contributed by atoms with Gasteiger partial charge in [-0.2, -0.15) is 5.26 Å². The third-order valence-corrected chi connectivity index (χ3v) is 2.74. The highest BCUT2D eigenvalue weighted by Gasteiger charge is 2.22. The van der Waals surface area contributed by atoms with Crippen molar-refractivity contribution in [2.45, 2.75) is 26.7 Å². The highest BCUT2D eigenvalue weighted by atomic mass is 32.1. The van der Waals surface area contributed by atoms with Crippen LogP contribution >= 0.6 is 11.3 Å². The van der Waals surface area contributed by atoms with Gasteiger partial charge in [-0.25, -0.2) is 4.98 Å². The van der Waals surface area contributed by atoms with Crippen LogP contribution in [0, 0.1) is 16.7 Å². The lowest BCUT2D eigenvalue weighted by molar-refractivity contribution is 0.419. The Morgan fingerprint density at radius 1 is 1.75 bits per heavy atom. The summed E-state index contributed by atoms with van der Waals surface area (Å²) >= 11 is 1.58. The molecule has 0 bridgehead atoms. The number of hydrogen-bond donors (Lipinski definition) is 0. The molecule has 64 valence electrons. The number of hydrogen-bond acceptors (Lipinski definition) is 3. The van der Waals surface area contributed by atoms with Crippen LogP contribution < -0.4 is 0 Å². The molecular weight excluding hydrogens is 168 g/mol. The zero-order valence-corrected chi connectivity index (χ0v) is 8.19. The van der Waals surface area contributed by atoms with Gasteiger partial charge in [-0.15, -0.1) is 11.3 Å². The van der Waals surface area contributed by atoms with Crippen LogP contribution in [0.5, 0.6) is 0 Å². The molecule has 0 saturated carbocycles. The summed E-state index contributed by atoms with van der Waals surface area (Å²) in [5.74, 6) is 0. The highest BCUT2D eigenvalue weighted by molar-refractivity contribution is 7.07. The van der Waals surface area contributed by atoms with Gasteiger partial charge >= 0.3 is 0 Å². The summed E-state index contributed by atoms with van der Waals surface area (Å²) in [5, 5.41) is 10.9. The van der Waals surface area contributed by atoms with Gasteiger partial charge < -0.3 is 0 Å². The summed E-state index contributed by atoms with van der Waals surface area (Å²) in [6.45, 7) is 4.02. The molecular formula is C9H12N2S. The number of aromatic nitrogens is 1. The van der Waals surface area contributed by atoms with Crippen LogP contribution in [0.1, 0.15) is 26.0 Å². The summed E-state index contributed by atoms with van der Waals surface area (Å²) in [6.07, 6.45) is 1.64. The summed E-state index contributed by atoms with van der Waals surface area (Å²) in [7, 11) is 0. The lowest BCUT2D eigenvalue weighted by Crippen LogP contribution is -2.15. The molecule has 0 saturated heterocycles. The van der Waals surface area contributed by atoms with Gasteiger partial charge in [-0.05, 0) is 13.3 Å². The molecule has 0 aromatic carbocycles. The van der Waals surface area contributed by atoms with Crippen molar-refractivity contribution in [3.8, 4) is 6.07 Å². The maximum absolute atomic E-state index is 8.91. The van der Waals surface area contributed by atoms with E-state index in [0.29, 0.717) is 0 Å². The highest BCUT2D eigenvalue weighted by Crippen LogP contribution is 2.24. The predicted molar refractivity (Wildman–Crippen MR) is 49.8 cm³/mol. The van der Waals surface area contributed by atoms with E-state index in [9.17, 15) is 0 Å². The van der Waals surface area contributed by atoms with E-state index < -0.39 is 0 Å². The van der Waals surface area contributed by atoms with Crippen molar-refractivity contribution >= 4 is 11.3 Å². The maximum Gasteiger partial charge on any atom is 0.0794 e. The van der Waals surface area contributed by atoms with Crippen LogP contribution in [-0.2, 0) is 6.42 Å². The molecule has 1 aromatic heterocycles. The van der Waals surface area contributed by atoms with Crippen molar-refractivity contribution in [3.05, 3.63) is 16.6 Å². The summed E-state index contributed by atoms with van der Waals surface area (Å²) in [6, 6.07) is 2.33. The zero-order valence-electron chi connectivity index (χ0n) is 7.37. The monoisotopic (exact) mass is 180 g/mol. The summed E-state index contributed by atoms with van der Waals surface area (Å²) in [4.78, 5) is 4.16. The number of rotatable bonds is 3. The van der Waals surface area contributed by atoms with Gasteiger partial charge in [0.05, 0.1) is 22.7 Å². The molecule has 0 radical (unpaired) electrons. The fourth-order valence-electron chi connectivity index (χ4n) is 0.968. The maximum atomic E-state index is 8.91. The molecule has 0 N–H and O–H groups in total. The third kappa shape index (κ3) is 2.05. The fraction of sp³-hybridized carbons (Fsp3) is 0.556. The molecule has 1 rings (SSSR count). The van der Waals surface area contributed by atoms with Crippen molar-refractivity contribution in [2.24, 2.45) is 5.41 Å². The first-order valence-corrected chi connectivity index (χ1v) is 4.93. The van der Waals surface area contributed by atoms with Gasteiger partial charge in [0.15, 0.2) is 0 Å². The Labute approximate surface area is 76.9 Å². The average molecular weight is 180 g/mol. The van der Waals surface area contributed by atoms with Gasteiger partial charge in [0.2, 0.25) is 0 Å². The second-order valence-corrected chi connectivity index (χ2v) is 3.90. The molecule has 3 heteroatoms. The smallest absolute Gasteiger partial charge is 0.0794 e. The van der Waals surface area contributed by atoms with Gasteiger partial charge in [0.25, 0.3) is 0 Å². The van der Waals surface area contributed by atoms with E-state index in [-0.39, 0.29) is 5.41 Å². The Kier molecular flexibility index (Phi) is 2.83. The van der Waals surface area contributed by atoms with E-state index in [1.54, 1.807) is 11.3 Å². The number of thiazole rings is 1. The van der Waals surface area contributed by atoms with Crippen molar-refractivity contribution < 1.29 is 0 Å². The molecule has 1 aromatic rings. The molecule has 0 aliphatic heterocycles. The Bertz CT molecular complexity index is 273. The van der Waals surface area contributed by atoms with E-state index in [1.165, 1.54) is 0 Å². The molecule has 0 spiro atoms. The van der Waals surface area contributed by atoms with Crippen LogP contribution in [0.3, 0.4) is 0 Å². The van der Waals surface area contributed by atoms with Crippen LogP contribution in [0.2, 0.25) is 0 Å². The summed E-state index contributed by atoms with van der Waals surface area (Å²) in [5.41, 5.74) is 2.60. The summed E-state index contributed by atoms with van der Waals surface area (Å²) < 4.78 is 0. The van der Waals surface area contributed by atoms with Crippen molar-refractivity contribution in [1.29, 1.82) is 5.26 Å². The molecule has 0 fully saturated rings. The van der Waals surface area contributed by atoms with E-state index in [4.69, 9.17) is 5.26 Å². The largest absolute Gasteiger partial charge is 0.250 e. The van der Waals surface area contributed by atoms with Gasteiger partial charge in [0, 0.05) is 11.8 Å². The molecule has 0 amide bonds. The van der Waals surface area contributed by atoms with Gasteiger partial charge in [-0.1, -0.05) is 6.92 Å². The van der Waals surface area contributed by atoms with E-state index in [2.05, 4.69) is 11.1 Å². The third-order valence-electron chi connectivity index (χ3n) is 2.10. The van der Waals surface area contributed by atoms with Crippen LogP contribution in [0.4, 0.5) is 0 Å². The Hall–Kier alpha value is -0.880. The second-order valence-electron chi connectivity index (χ2n) is 3.18. The van der Waals surface area contributed by atoms with Crippen LogP contribution in [0.15, 0.2) is 10.9 Å². The lowest BCUT2D eigenvalue weighted by atomic mass is 9.85. The quantitative estimate of drug-likeness (QED) is 0.717. The number of nitriles is 1. The first kappa shape index (κ1) is 9.21.